The minimum Gasteiger partial charge on any atom is -0.489 e. The molecule has 0 saturated carbocycles. The summed E-state index contributed by atoms with van der Waals surface area (Å²) in [5, 5.41) is 8.98. The molecule has 3 rings (SSSR count). The van der Waals surface area contributed by atoms with Crippen LogP contribution in [0.5, 0.6) is 5.75 Å². The lowest BCUT2D eigenvalue weighted by Gasteiger charge is -2.24. The van der Waals surface area contributed by atoms with Crippen molar-refractivity contribution in [2.75, 3.05) is 13.1 Å². The molecule has 1 amide bonds. The zero-order valence-electron chi connectivity index (χ0n) is 16.3. The van der Waals surface area contributed by atoms with Crippen LogP contribution in [-0.4, -0.2) is 46.9 Å². The predicted molar refractivity (Wildman–Crippen MR) is 106 cm³/mol. The van der Waals surface area contributed by atoms with E-state index in [4.69, 9.17) is 14.6 Å². The Morgan fingerprint density at radius 3 is 2.11 bits per heavy atom. The van der Waals surface area contributed by atoms with Crippen LogP contribution >= 0.6 is 0 Å². The fourth-order valence-corrected chi connectivity index (χ4v) is 3.04. The fourth-order valence-electron chi connectivity index (χ4n) is 3.04. The van der Waals surface area contributed by atoms with E-state index in [0.29, 0.717) is 13.1 Å². The Labute approximate surface area is 164 Å². The van der Waals surface area contributed by atoms with E-state index in [9.17, 15) is 9.59 Å². The Bertz CT molecular complexity index is 837. The molecule has 148 valence electrons. The minimum absolute atomic E-state index is 0.0618. The SMILES string of the molecule is CC(C)(C)OC(=O)N1CC[C@H](Oc2ccc(-c3ccc(C(=O)O)cc3)cc2)C1. The van der Waals surface area contributed by atoms with Crippen molar-refractivity contribution in [3.63, 3.8) is 0 Å². The Morgan fingerprint density at radius 1 is 1.00 bits per heavy atom. The van der Waals surface area contributed by atoms with Crippen LogP contribution in [0.2, 0.25) is 0 Å². The Kier molecular flexibility index (Phi) is 5.58. The number of carbonyl (C=O) groups excluding carboxylic acids is 1. The normalized spacial score (nSPS) is 16.7. The van der Waals surface area contributed by atoms with Crippen LogP contribution in [0.25, 0.3) is 11.1 Å². The van der Waals surface area contributed by atoms with E-state index < -0.39 is 11.6 Å². The first-order valence-corrected chi connectivity index (χ1v) is 9.30. The number of benzene rings is 2. The number of ether oxygens (including phenoxy) is 2. The maximum Gasteiger partial charge on any atom is 0.410 e. The van der Waals surface area contributed by atoms with Crippen molar-refractivity contribution in [3.8, 4) is 16.9 Å². The number of carboxylic acids is 1. The molecule has 1 aliphatic heterocycles. The van der Waals surface area contributed by atoms with Gasteiger partial charge in [0.25, 0.3) is 0 Å². The second-order valence-electron chi connectivity index (χ2n) is 7.86. The standard InChI is InChI=1S/C22H25NO5/c1-22(2,3)28-21(26)23-13-12-19(14-23)27-18-10-8-16(9-11-18)15-4-6-17(7-5-15)20(24)25/h4-11,19H,12-14H2,1-3H3,(H,24,25)/t19-/m0/s1. The van der Waals surface area contributed by atoms with Gasteiger partial charge >= 0.3 is 12.1 Å². The van der Waals surface area contributed by atoms with Crippen molar-refractivity contribution < 1.29 is 24.2 Å². The summed E-state index contributed by atoms with van der Waals surface area (Å²) >= 11 is 0. The summed E-state index contributed by atoms with van der Waals surface area (Å²) in [5.41, 5.74) is 1.67. The molecule has 1 N–H and O–H groups in total. The number of amides is 1. The second-order valence-corrected chi connectivity index (χ2v) is 7.86. The van der Waals surface area contributed by atoms with Gasteiger partial charge in [-0.15, -0.1) is 0 Å². The van der Waals surface area contributed by atoms with Gasteiger partial charge in [-0.2, -0.15) is 0 Å². The van der Waals surface area contributed by atoms with Crippen LogP contribution in [0.4, 0.5) is 4.79 Å². The highest BCUT2D eigenvalue weighted by Crippen LogP contribution is 2.25. The lowest BCUT2D eigenvalue weighted by atomic mass is 10.0. The average Bonchev–Trinajstić information content (AvgIpc) is 3.10. The van der Waals surface area contributed by atoms with Gasteiger partial charge in [0.1, 0.15) is 17.5 Å². The lowest BCUT2D eigenvalue weighted by molar-refractivity contribution is 0.0275. The van der Waals surface area contributed by atoms with E-state index in [2.05, 4.69) is 0 Å². The lowest BCUT2D eigenvalue weighted by Crippen LogP contribution is -2.36. The van der Waals surface area contributed by atoms with E-state index in [-0.39, 0.29) is 17.8 Å². The molecule has 1 fully saturated rings. The van der Waals surface area contributed by atoms with Gasteiger partial charge in [-0.3, -0.25) is 0 Å². The molecule has 6 nitrogen and oxygen atoms in total. The highest BCUT2D eigenvalue weighted by molar-refractivity contribution is 5.88. The van der Waals surface area contributed by atoms with E-state index in [0.717, 1.165) is 23.3 Å². The van der Waals surface area contributed by atoms with Crippen LogP contribution in [0.1, 0.15) is 37.6 Å². The maximum absolute atomic E-state index is 12.1. The smallest absolute Gasteiger partial charge is 0.410 e. The van der Waals surface area contributed by atoms with Crippen LogP contribution in [0.3, 0.4) is 0 Å². The topological polar surface area (TPSA) is 76.1 Å². The van der Waals surface area contributed by atoms with E-state index in [1.165, 1.54) is 0 Å². The van der Waals surface area contributed by atoms with Gasteiger partial charge in [-0.25, -0.2) is 9.59 Å². The molecule has 0 aliphatic carbocycles. The van der Waals surface area contributed by atoms with Crippen LogP contribution in [-0.2, 0) is 4.74 Å². The molecular weight excluding hydrogens is 358 g/mol. The summed E-state index contributed by atoms with van der Waals surface area (Å²) in [6.07, 6.45) is 0.393. The Hall–Kier alpha value is -3.02. The van der Waals surface area contributed by atoms with Crippen LogP contribution in [0, 0.1) is 0 Å². The molecule has 0 bridgehead atoms. The third kappa shape index (κ3) is 5.03. The van der Waals surface area contributed by atoms with Crippen molar-refractivity contribution in [3.05, 3.63) is 54.1 Å². The third-order valence-electron chi connectivity index (χ3n) is 4.42. The number of aromatic carboxylic acids is 1. The number of likely N-dealkylation sites (tertiary alicyclic amines) is 1. The zero-order valence-corrected chi connectivity index (χ0v) is 16.3. The van der Waals surface area contributed by atoms with Gasteiger partial charge in [-0.1, -0.05) is 24.3 Å². The molecule has 1 aliphatic rings. The molecule has 1 saturated heterocycles. The van der Waals surface area contributed by atoms with Crippen LogP contribution in [0.15, 0.2) is 48.5 Å². The van der Waals surface area contributed by atoms with Crippen LogP contribution < -0.4 is 4.74 Å². The molecule has 2 aromatic carbocycles. The second kappa shape index (κ2) is 7.92. The van der Waals surface area contributed by atoms with E-state index in [1.54, 1.807) is 29.2 Å². The van der Waals surface area contributed by atoms with Crippen molar-refractivity contribution >= 4 is 12.1 Å². The number of nitrogens with zero attached hydrogens (tertiary/aromatic N) is 1. The maximum atomic E-state index is 12.1. The largest absolute Gasteiger partial charge is 0.489 e. The number of carboxylic acid groups (broad SMARTS) is 1. The summed E-state index contributed by atoms with van der Waals surface area (Å²) in [7, 11) is 0. The summed E-state index contributed by atoms with van der Waals surface area (Å²) in [6.45, 7) is 6.68. The van der Waals surface area contributed by atoms with Gasteiger partial charge in [-0.05, 0) is 56.2 Å². The molecular formula is C22H25NO5. The molecule has 1 heterocycles. The Morgan fingerprint density at radius 2 is 1.57 bits per heavy atom. The number of hydrogen-bond acceptors (Lipinski definition) is 4. The molecule has 28 heavy (non-hydrogen) atoms. The Balaban J connectivity index is 1.57. The van der Waals surface area contributed by atoms with Crippen molar-refractivity contribution in [2.24, 2.45) is 0 Å². The monoisotopic (exact) mass is 383 g/mol. The first-order valence-electron chi connectivity index (χ1n) is 9.30. The van der Waals surface area contributed by atoms with Gasteiger partial charge in [0.15, 0.2) is 0 Å². The van der Waals surface area contributed by atoms with Gasteiger partial charge < -0.3 is 19.5 Å². The predicted octanol–water partition coefficient (Wildman–Crippen LogP) is 4.44. The van der Waals surface area contributed by atoms with E-state index in [1.807, 2.05) is 45.0 Å². The molecule has 0 radical (unpaired) electrons. The first-order chi connectivity index (χ1) is 13.2. The van der Waals surface area contributed by atoms with Crippen molar-refractivity contribution in [2.45, 2.75) is 38.9 Å². The highest BCUT2D eigenvalue weighted by Gasteiger charge is 2.30. The number of carbonyl (C=O) groups is 2. The molecule has 0 aromatic heterocycles. The summed E-state index contributed by atoms with van der Waals surface area (Å²) in [6, 6.07) is 14.4. The van der Waals surface area contributed by atoms with Gasteiger partial charge in [0, 0.05) is 13.0 Å². The molecule has 0 spiro atoms. The minimum atomic E-state index is -0.938. The summed E-state index contributed by atoms with van der Waals surface area (Å²) in [5.74, 6) is -0.200. The molecule has 1 atom stereocenters. The number of hydrogen-bond donors (Lipinski definition) is 1. The quantitative estimate of drug-likeness (QED) is 0.845. The first kappa shape index (κ1) is 19.7. The van der Waals surface area contributed by atoms with Gasteiger partial charge in [0.2, 0.25) is 0 Å². The zero-order chi connectivity index (χ0) is 20.3. The summed E-state index contributed by atoms with van der Waals surface area (Å²) in [4.78, 5) is 24.8. The fraction of sp³-hybridized carbons (Fsp3) is 0.364. The molecule has 6 heteroatoms. The molecule has 0 unspecified atom stereocenters. The average molecular weight is 383 g/mol. The highest BCUT2D eigenvalue weighted by atomic mass is 16.6. The summed E-state index contributed by atoms with van der Waals surface area (Å²) < 4.78 is 11.4. The van der Waals surface area contributed by atoms with Crippen molar-refractivity contribution in [1.82, 2.24) is 4.90 Å². The van der Waals surface area contributed by atoms with Gasteiger partial charge in [0.05, 0.1) is 12.1 Å². The van der Waals surface area contributed by atoms with E-state index >= 15 is 0 Å². The third-order valence-corrected chi connectivity index (χ3v) is 4.42. The molecule has 2 aromatic rings. The van der Waals surface area contributed by atoms with Crippen molar-refractivity contribution in [1.29, 1.82) is 0 Å². The number of rotatable bonds is 4.